The Hall–Kier alpha value is -3.13. The van der Waals surface area contributed by atoms with Gasteiger partial charge in [0.25, 0.3) is 0 Å². The van der Waals surface area contributed by atoms with E-state index in [1.807, 2.05) is 0 Å². The van der Waals surface area contributed by atoms with Crippen LogP contribution in [0.4, 0.5) is 13.2 Å². The van der Waals surface area contributed by atoms with Crippen molar-refractivity contribution in [1.82, 2.24) is 20.5 Å². The van der Waals surface area contributed by atoms with Gasteiger partial charge in [-0.3, -0.25) is 5.10 Å². The molecule has 1 atom stereocenters. The normalized spacial score (nSPS) is 20.2. The van der Waals surface area contributed by atoms with Crippen molar-refractivity contribution >= 4 is 22.3 Å². The molecule has 0 amide bonds. The number of halogens is 3. The van der Waals surface area contributed by atoms with Gasteiger partial charge in [-0.2, -0.15) is 18.3 Å². The number of nitrogens with zero attached hydrogens (tertiary/aromatic N) is 2. The SMILES string of the molecule is CC1(O)C=C(c2ccnc3[nH]ncc23)C=C(c2ccccc2C(F)(F)F)N1. The molecule has 1 unspecified atom stereocenters. The second kappa shape index (κ2) is 5.95. The van der Waals surface area contributed by atoms with Gasteiger partial charge in [0, 0.05) is 22.8 Å². The van der Waals surface area contributed by atoms with Crippen molar-refractivity contribution in [3.8, 4) is 0 Å². The van der Waals surface area contributed by atoms with Crippen LogP contribution in [0, 0.1) is 0 Å². The first-order valence-corrected chi connectivity index (χ1v) is 8.15. The van der Waals surface area contributed by atoms with Gasteiger partial charge in [-0.15, -0.1) is 0 Å². The van der Waals surface area contributed by atoms with Crippen LogP contribution in [-0.2, 0) is 6.18 Å². The van der Waals surface area contributed by atoms with Crippen molar-refractivity contribution in [2.24, 2.45) is 0 Å². The minimum absolute atomic E-state index is 0.0339. The number of allylic oxidation sites excluding steroid dienone is 2. The van der Waals surface area contributed by atoms with Crippen molar-refractivity contribution in [1.29, 1.82) is 0 Å². The summed E-state index contributed by atoms with van der Waals surface area (Å²) in [7, 11) is 0. The number of pyridine rings is 1. The van der Waals surface area contributed by atoms with E-state index < -0.39 is 17.5 Å². The Morgan fingerprint density at radius 3 is 2.67 bits per heavy atom. The van der Waals surface area contributed by atoms with Gasteiger partial charge in [0.1, 0.15) is 0 Å². The standard InChI is InChI=1S/C19H15F3N4O/c1-18(27)9-11(12-6-7-23-17-14(12)10-24-26-17)8-16(25-18)13-4-2-3-5-15(13)19(20,21)22/h2-10,25,27H,1H3,(H,23,24,26). The maximum atomic E-state index is 13.4. The average Bonchev–Trinajstić information content (AvgIpc) is 3.08. The molecular formula is C19H15F3N4O. The van der Waals surface area contributed by atoms with Crippen molar-refractivity contribution in [2.45, 2.75) is 18.8 Å². The van der Waals surface area contributed by atoms with Crippen molar-refractivity contribution in [2.75, 3.05) is 0 Å². The zero-order valence-corrected chi connectivity index (χ0v) is 14.2. The second-order valence-electron chi connectivity index (χ2n) is 6.46. The quantitative estimate of drug-likeness (QED) is 0.641. The molecule has 0 bridgehead atoms. The number of aromatic nitrogens is 3. The Labute approximate surface area is 152 Å². The first-order chi connectivity index (χ1) is 12.7. The summed E-state index contributed by atoms with van der Waals surface area (Å²) in [4.78, 5) is 4.16. The molecule has 0 saturated carbocycles. The fourth-order valence-corrected chi connectivity index (χ4v) is 3.21. The number of H-pyrrole nitrogens is 1. The molecule has 8 heteroatoms. The van der Waals surface area contributed by atoms with Crippen LogP contribution in [0.5, 0.6) is 0 Å². The van der Waals surface area contributed by atoms with Crippen molar-refractivity contribution < 1.29 is 18.3 Å². The van der Waals surface area contributed by atoms with E-state index in [0.29, 0.717) is 22.2 Å². The summed E-state index contributed by atoms with van der Waals surface area (Å²) < 4.78 is 40.3. The lowest BCUT2D eigenvalue weighted by atomic mass is 9.93. The number of hydrogen-bond donors (Lipinski definition) is 3. The molecule has 5 nitrogen and oxygen atoms in total. The predicted octanol–water partition coefficient (Wildman–Crippen LogP) is 3.71. The summed E-state index contributed by atoms with van der Waals surface area (Å²) >= 11 is 0. The molecule has 0 radical (unpaired) electrons. The Balaban J connectivity index is 1.90. The molecule has 4 rings (SSSR count). The first kappa shape index (κ1) is 17.3. The highest BCUT2D eigenvalue weighted by atomic mass is 19.4. The third-order valence-electron chi connectivity index (χ3n) is 4.31. The summed E-state index contributed by atoms with van der Waals surface area (Å²) in [6, 6.07) is 6.99. The fourth-order valence-electron chi connectivity index (χ4n) is 3.21. The highest BCUT2D eigenvalue weighted by Crippen LogP contribution is 2.38. The molecule has 2 aromatic heterocycles. The van der Waals surface area contributed by atoms with E-state index in [-0.39, 0.29) is 11.3 Å². The number of fused-ring (bicyclic) bond motifs is 1. The monoisotopic (exact) mass is 372 g/mol. The Morgan fingerprint density at radius 1 is 1.11 bits per heavy atom. The molecule has 3 heterocycles. The molecule has 1 aliphatic rings. The van der Waals surface area contributed by atoms with Gasteiger partial charge in [-0.05, 0) is 42.3 Å². The molecule has 0 fully saturated rings. The van der Waals surface area contributed by atoms with Crippen LogP contribution in [-0.4, -0.2) is 26.0 Å². The summed E-state index contributed by atoms with van der Waals surface area (Å²) in [5.74, 6) is 0. The Morgan fingerprint density at radius 2 is 1.89 bits per heavy atom. The van der Waals surface area contributed by atoms with E-state index in [9.17, 15) is 18.3 Å². The van der Waals surface area contributed by atoms with Crippen LogP contribution >= 0.6 is 0 Å². The summed E-state index contributed by atoms with van der Waals surface area (Å²) in [5.41, 5.74) is -0.331. The summed E-state index contributed by atoms with van der Waals surface area (Å²) in [6.45, 7) is 1.48. The largest absolute Gasteiger partial charge is 0.417 e. The number of nitrogens with one attached hydrogen (secondary N) is 2. The Kier molecular flexibility index (Phi) is 3.81. The van der Waals surface area contributed by atoms with Crippen LogP contribution in [0.25, 0.3) is 22.3 Å². The van der Waals surface area contributed by atoms with E-state index in [1.165, 1.54) is 25.1 Å². The van der Waals surface area contributed by atoms with E-state index >= 15 is 0 Å². The lowest BCUT2D eigenvalue weighted by molar-refractivity contribution is -0.137. The van der Waals surface area contributed by atoms with Gasteiger partial charge in [0.05, 0.1) is 11.8 Å². The fraction of sp³-hybridized carbons (Fsp3) is 0.158. The van der Waals surface area contributed by atoms with E-state index in [2.05, 4.69) is 20.5 Å². The van der Waals surface area contributed by atoms with Gasteiger partial charge >= 0.3 is 6.18 Å². The van der Waals surface area contributed by atoms with E-state index in [0.717, 1.165) is 6.07 Å². The molecule has 0 aliphatic carbocycles. The summed E-state index contributed by atoms with van der Waals surface area (Å²) in [6.07, 6.45) is 1.79. The van der Waals surface area contributed by atoms with Crippen LogP contribution in [0.2, 0.25) is 0 Å². The predicted molar refractivity (Wildman–Crippen MR) is 95.0 cm³/mol. The van der Waals surface area contributed by atoms with E-state index in [4.69, 9.17) is 0 Å². The highest BCUT2D eigenvalue weighted by Gasteiger charge is 2.35. The number of rotatable bonds is 2. The third-order valence-corrected chi connectivity index (χ3v) is 4.31. The van der Waals surface area contributed by atoms with Crippen LogP contribution in [0.1, 0.15) is 23.6 Å². The molecule has 138 valence electrons. The molecule has 27 heavy (non-hydrogen) atoms. The minimum atomic E-state index is -4.51. The topological polar surface area (TPSA) is 73.8 Å². The number of aromatic amines is 1. The molecule has 0 saturated heterocycles. The maximum absolute atomic E-state index is 13.4. The lowest BCUT2D eigenvalue weighted by Crippen LogP contribution is -2.41. The third kappa shape index (κ3) is 3.19. The maximum Gasteiger partial charge on any atom is 0.417 e. The van der Waals surface area contributed by atoms with Crippen LogP contribution < -0.4 is 5.32 Å². The van der Waals surface area contributed by atoms with Crippen LogP contribution in [0.15, 0.2) is 54.9 Å². The van der Waals surface area contributed by atoms with Gasteiger partial charge in [0.15, 0.2) is 11.4 Å². The average molecular weight is 372 g/mol. The van der Waals surface area contributed by atoms with Crippen LogP contribution in [0.3, 0.4) is 0 Å². The number of aliphatic hydroxyl groups is 1. The molecule has 1 aromatic carbocycles. The zero-order valence-electron chi connectivity index (χ0n) is 14.2. The zero-order chi connectivity index (χ0) is 19.2. The van der Waals surface area contributed by atoms with E-state index in [1.54, 1.807) is 30.6 Å². The lowest BCUT2D eigenvalue weighted by Gasteiger charge is -2.30. The number of hydrogen-bond acceptors (Lipinski definition) is 4. The number of benzene rings is 1. The summed E-state index contributed by atoms with van der Waals surface area (Å²) in [5, 5.41) is 20.8. The minimum Gasteiger partial charge on any atom is -0.368 e. The number of alkyl halides is 3. The molecule has 3 N–H and O–H groups in total. The smallest absolute Gasteiger partial charge is 0.368 e. The van der Waals surface area contributed by atoms with Crippen molar-refractivity contribution in [3.05, 3.63) is 71.6 Å². The molecule has 3 aromatic rings. The second-order valence-corrected chi connectivity index (χ2v) is 6.46. The molecule has 0 spiro atoms. The Bertz CT molecular complexity index is 1080. The first-order valence-electron chi connectivity index (χ1n) is 8.15. The van der Waals surface area contributed by atoms with Gasteiger partial charge in [-0.1, -0.05) is 18.2 Å². The van der Waals surface area contributed by atoms with Gasteiger partial charge in [-0.25, -0.2) is 4.98 Å². The van der Waals surface area contributed by atoms with Gasteiger partial charge in [0.2, 0.25) is 0 Å². The highest BCUT2D eigenvalue weighted by molar-refractivity contribution is 5.96. The molecular weight excluding hydrogens is 357 g/mol. The van der Waals surface area contributed by atoms with Gasteiger partial charge < -0.3 is 10.4 Å². The molecule has 1 aliphatic heterocycles. The van der Waals surface area contributed by atoms with Crippen molar-refractivity contribution in [3.63, 3.8) is 0 Å². The number of dihydropyridines is 1.